The molecule has 1 aliphatic rings. The van der Waals surface area contributed by atoms with Crippen molar-refractivity contribution in [1.82, 2.24) is 10.2 Å². The second-order valence-electron chi connectivity index (χ2n) is 5.70. The van der Waals surface area contributed by atoms with Gasteiger partial charge in [0.2, 0.25) is 0 Å². The smallest absolute Gasteiger partial charge is 0.317 e. The molecule has 2 unspecified atom stereocenters. The maximum atomic E-state index is 12.3. The van der Waals surface area contributed by atoms with Crippen molar-refractivity contribution >= 4 is 12.0 Å². The van der Waals surface area contributed by atoms with Gasteiger partial charge in [-0.15, -0.1) is 0 Å². The molecular weight excluding hydrogens is 268 g/mol. The molecule has 2 atom stereocenters. The number of carboxylic acid groups (broad SMARTS) is 1. The number of urea groups is 1. The van der Waals surface area contributed by atoms with Crippen LogP contribution in [0, 0.1) is 5.92 Å². The highest BCUT2D eigenvalue weighted by molar-refractivity contribution is 5.76. The van der Waals surface area contributed by atoms with Crippen LogP contribution in [0.25, 0.3) is 0 Å². The summed E-state index contributed by atoms with van der Waals surface area (Å²) >= 11 is 0. The first-order chi connectivity index (χ1) is 10.1. The lowest BCUT2D eigenvalue weighted by molar-refractivity contribution is -0.137. The molecule has 114 valence electrons. The number of carboxylic acids is 1. The van der Waals surface area contributed by atoms with E-state index < -0.39 is 12.0 Å². The van der Waals surface area contributed by atoms with Crippen LogP contribution in [0.1, 0.15) is 37.8 Å². The minimum atomic E-state index is -0.920. The van der Waals surface area contributed by atoms with Gasteiger partial charge in [-0.2, -0.15) is 0 Å². The maximum Gasteiger partial charge on any atom is 0.317 e. The number of carbonyl (C=O) groups is 2. The SMILES string of the molecule is CC1CCCN(C(=O)NC(CC(=O)O)c2ccccc2)C1. The summed E-state index contributed by atoms with van der Waals surface area (Å²) in [5, 5.41) is 11.9. The van der Waals surface area contributed by atoms with Crippen LogP contribution >= 0.6 is 0 Å². The highest BCUT2D eigenvalue weighted by atomic mass is 16.4. The number of nitrogens with zero attached hydrogens (tertiary/aromatic N) is 1. The summed E-state index contributed by atoms with van der Waals surface area (Å²) in [5.41, 5.74) is 0.818. The second kappa shape index (κ2) is 7.11. The molecule has 1 aliphatic heterocycles. The van der Waals surface area contributed by atoms with Crippen molar-refractivity contribution in [3.8, 4) is 0 Å². The van der Waals surface area contributed by atoms with Crippen LogP contribution in [0.15, 0.2) is 30.3 Å². The lowest BCUT2D eigenvalue weighted by Crippen LogP contribution is -2.46. The summed E-state index contributed by atoms with van der Waals surface area (Å²) in [6.45, 7) is 3.61. The molecule has 2 rings (SSSR count). The van der Waals surface area contributed by atoms with Crippen LogP contribution in [0.5, 0.6) is 0 Å². The first-order valence-corrected chi connectivity index (χ1v) is 7.38. The van der Waals surface area contributed by atoms with Crippen molar-refractivity contribution < 1.29 is 14.7 Å². The van der Waals surface area contributed by atoms with Crippen molar-refractivity contribution in [3.05, 3.63) is 35.9 Å². The monoisotopic (exact) mass is 290 g/mol. The lowest BCUT2D eigenvalue weighted by atomic mass is 10.0. The summed E-state index contributed by atoms with van der Waals surface area (Å²) in [6, 6.07) is 8.58. The van der Waals surface area contributed by atoms with Gasteiger partial charge >= 0.3 is 12.0 Å². The number of piperidine rings is 1. The van der Waals surface area contributed by atoms with Gasteiger partial charge in [-0.05, 0) is 24.3 Å². The van der Waals surface area contributed by atoms with Crippen LogP contribution in [0.3, 0.4) is 0 Å². The lowest BCUT2D eigenvalue weighted by Gasteiger charge is -2.32. The zero-order valence-corrected chi connectivity index (χ0v) is 12.3. The third-order valence-corrected chi connectivity index (χ3v) is 3.82. The Bertz CT molecular complexity index is 490. The molecule has 2 N–H and O–H groups in total. The number of hydrogen-bond donors (Lipinski definition) is 2. The molecule has 0 spiro atoms. The van der Waals surface area contributed by atoms with Crippen LogP contribution in [-0.4, -0.2) is 35.1 Å². The maximum absolute atomic E-state index is 12.3. The molecule has 5 heteroatoms. The van der Waals surface area contributed by atoms with Gasteiger partial charge in [0.1, 0.15) is 0 Å². The number of aliphatic carboxylic acids is 1. The van der Waals surface area contributed by atoms with E-state index in [1.54, 1.807) is 4.90 Å². The van der Waals surface area contributed by atoms with Gasteiger partial charge in [-0.1, -0.05) is 37.3 Å². The topological polar surface area (TPSA) is 69.6 Å². The van der Waals surface area contributed by atoms with Gasteiger partial charge in [-0.3, -0.25) is 4.79 Å². The van der Waals surface area contributed by atoms with E-state index in [0.717, 1.165) is 31.5 Å². The van der Waals surface area contributed by atoms with Crippen LogP contribution < -0.4 is 5.32 Å². The fraction of sp³-hybridized carbons (Fsp3) is 0.500. The van der Waals surface area contributed by atoms with Crippen molar-refractivity contribution in [2.75, 3.05) is 13.1 Å². The molecule has 1 heterocycles. The molecular formula is C16H22N2O3. The number of hydrogen-bond acceptors (Lipinski definition) is 2. The summed E-state index contributed by atoms with van der Waals surface area (Å²) < 4.78 is 0. The number of likely N-dealkylation sites (tertiary alicyclic amines) is 1. The quantitative estimate of drug-likeness (QED) is 0.895. The van der Waals surface area contributed by atoms with E-state index in [1.165, 1.54) is 0 Å². The van der Waals surface area contributed by atoms with Crippen LogP contribution in [-0.2, 0) is 4.79 Å². The predicted octanol–water partition coefficient (Wildman–Crippen LogP) is 2.64. The van der Waals surface area contributed by atoms with Gasteiger partial charge in [0.15, 0.2) is 0 Å². The Morgan fingerprint density at radius 1 is 1.38 bits per heavy atom. The molecule has 5 nitrogen and oxygen atoms in total. The van der Waals surface area contributed by atoms with E-state index in [-0.39, 0.29) is 12.5 Å². The van der Waals surface area contributed by atoms with E-state index in [2.05, 4.69) is 12.2 Å². The Balaban J connectivity index is 2.04. The van der Waals surface area contributed by atoms with Gasteiger partial charge in [-0.25, -0.2) is 4.79 Å². The van der Waals surface area contributed by atoms with Gasteiger partial charge < -0.3 is 15.3 Å². The molecule has 0 bridgehead atoms. The highest BCUT2D eigenvalue weighted by Gasteiger charge is 2.24. The van der Waals surface area contributed by atoms with Gasteiger partial charge in [0.05, 0.1) is 12.5 Å². The van der Waals surface area contributed by atoms with Crippen LogP contribution in [0.2, 0.25) is 0 Å². The number of benzene rings is 1. The van der Waals surface area contributed by atoms with E-state index in [1.807, 2.05) is 30.3 Å². The normalized spacial score (nSPS) is 19.9. The minimum Gasteiger partial charge on any atom is -0.481 e. The summed E-state index contributed by atoms with van der Waals surface area (Å²) in [6.07, 6.45) is 2.03. The number of rotatable bonds is 4. The molecule has 0 radical (unpaired) electrons. The average molecular weight is 290 g/mol. The van der Waals surface area contributed by atoms with E-state index >= 15 is 0 Å². The van der Waals surface area contributed by atoms with Gasteiger partial charge in [0, 0.05) is 13.1 Å². The molecule has 1 aromatic rings. The fourth-order valence-electron chi connectivity index (χ4n) is 2.73. The number of carbonyl (C=O) groups excluding carboxylic acids is 1. The Morgan fingerprint density at radius 2 is 2.10 bits per heavy atom. The van der Waals surface area contributed by atoms with E-state index in [9.17, 15) is 9.59 Å². The second-order valence-corrected chi connectivity index (χ2v) is 5.70. The summed E-state index contributed by atoms with van der Waals surface area (Å²) in [4.78, 5) is 25.1. The average Bonchev–Trinajstić information content (AvgIpc) is 2.47. The third-order valence-electron chi connectivity index (χ3n) is 3.82. The fourth-order valence-corrected chi connectivity index (χ4v) is 2.73. The molecule has 1 fully saturated rings. The number of amides is 2. The number of nitrogens with one attached hydrogen (secondary N) is 1. The third kappa shape index (κ3) is 4.48. The molecule has 0 saturated carbocycles. The highest BCUT2D eigenvalue weighted by Crippen LogP contribution is 2.19. The zero-order valence-electron chi connectivity index (χ0n) is 12.3. The van der Waals surface area contributed by atoms with Crippen molar-refractivity contribution in [2.24, 2.45) is 5.92 Å². The Labute approximate surface area is 125 Å². The zero-order chi connectivity index (χ0) is 15.2. The van der Waals surface area contributed by atoms with Gasteiger partial charge in [0.25, 0.3) is 0 Å². The van der Waals surface area contributed by atoms with Crippen molar-refractivity contribution in [3.63, 3.8) is 0 Å². The molecule has 0 aliphatic carbocycles. The standard InChI is InChI=1S/C16H22N2O3/c1-12-6-5-9-18(11-12)16(21)17-14(10-15(19)20)13-7-3-2-4-8-13/h2-4,7-8,12,14H,5-6,9-11H2,1H3,(H,17,21)(H,19,20). The predicted molar refractivity (Wildman–Crippen MR) is 79.9 cm³/mol. The Morgan fingerprint density at radius 3 is 2.71 bits per heavy atom. The summed E-state index contributed by atoms with van der Waals surface area (Å²) in [5.74, 6) is -0.421. The van der Waals surface area contributed by atoms with E-state index in [0.29, 0.717) is 5.92 Å². The van der Waals surface area contributed by atoms with E-state index in [4.69, 9.17) is 5.11 Å². The Hall–Kier alpha value is -2.04. The van der Waals surface area contributed by atoms with Crippen molar-refractivity contribution in [1.29, 1.82) is 0 Å². The molecule has 1 aromatic carbocycles. The largest absolute Gasteiger partial charge is 0.481 e. The first-order valence-electron chi connectivity index (χ1n) is 7.38. The minimum absolute atomic E-state index is 0.112. The first kappa shape index (κ1) is 15.4. The molecule has 0 aromatic heterocycles. The Kier molecular flexibility index (Phi) is 5.20. The molecule has 2 amide bonds. The van der Waals surface area contributed by atoms with Crippen LogP contribution in [0.4, 0.5) is 4.79 Å². The van der Waals surface area contributed by atoms with Crippen molar-refractivity contribution in [2.45, 2.75) is 32.2 Å². The molecule has 1 saturated heterocycles. The molecule has 21 heavy (non-hydrogen) atoms. The summed E-state index contributed by atoms with van der Waals surface area (Å²) in [7, 11) is 0.